The Labute approximate surface area is 151 Å². The van der Waals surface area contributed by atoms with Gasteiger partial charge in [0, 0.05) is 23.9 Å². The predicted molar refractivity (Wildman–Crippen MR) is 102 cm³/mol. The minimum absolute atomic E-state index is 0.120. The van der Waals surface area contributed by atoms with E-state index in [1.165, 1.54) is 0 Å². The highest BCUT2D eigenvalue weighted by Crippen LogP contribution is 2.13. The molecule has 0 radical (unpaired) electrons. The molecule has 6 heteroatoms. The van der Waals surface area contributed by atoms with Gasteiger partial charge in [-0.3, -0.25) is 14.2 Å². The Balaban J connectivity index is 2.11. The van der Waals surface area contributed by atoms with Gasteiger partial charge >= 0.3 is 0 Å². The number of pyridine rings is 2. The first kappa shape index (κ1) is 17.2. The fourth-order valence-corrected chi connectivity index (χ4v) is 2.77. The number of carbonyl (C=O) groups excluding carboxylic acids is 1. The number of aryl methyl sites for hydroxylation is 1. The molecule has 1 N–H and O–H groups in total. The van der Waals surface area contributed by atoms with E-state index in [2.05, 4.69) is 22.9 Å². The molecule has 0 spiro atoms. The maximum atomic E-state index is 12.9. The van der Waals surface area contributed by atoms with Crippen molar-refractivity contribution in [2.45, 2.75) is 13.5 Å². The van der Waals surface area contributed by atoms with Crippen LogP contribution < -0.4 is 10.9 Å². The molecule has 2 heterocycles. The lowest BCUT2D eigenvalue weighted by Gasteiger charge is -2.12. The normalized spacial score (nSPS) is 10.8. The standard InChI is InChI=1S/C19H19N3O2S/c1-13-4-6-14(7-5-13)12-22-17-15(3-2-8-20-17)11-16(19(22)24)18(23)21-9-10-25/h2-8,11,25H,9-10,12H2,1H3,(H,21,23). The molecule has 3 aromatic rings. The van der Waals surface area contributed by atoms with Gasteiger partial charge in [0.15, 0.2) is 0 Å². The molecule has 0 unspecified atom stereocenters. The van der Waals surface area contributed by atoms with Gasteiger partial charge in [0.05, 0.1) is 6.54 Å². The second-order valence-electron chi connectivity index (χ2n) is 5.83. The maximum Gasteiger partial charge on any atom is 0.265 e. The Morgan fingerprint density at radius 3 is 2.72 bits per heavy atom. The number of nitrogens with zero attached hydrogens (tertiary/aromatic N) is 2. The molecule has 1 amide bonds. The van der Waals surface area contributed by atoms with Crippen molar-refractivity contribution >= 4 is 29.6 Å². The Morgan fingerprint density at radius 2 is 2.00 bits per heavy atom. The number of aromatic nitrogens is 2. The molecule has 0 saturated carbocycles. The SMILES string of the molecule is Cc1ccc(Cn2c(=O)c(C(=O)NCCS)cc3cccnc32)cc1. The number of benzene rings is 1. The lowest BCUT2D eigenvalue weighted by molar-refractivity contribution is 0.0954. The summed E-state index contributed by atoms with van der Waals surface area (Å²) in [6.45, 7) is 2.78. The summed E-state index contributed by atoms with van der Waals surface area (Å²) in [7, 11) is 0. The Hall–Kier alpha value is -2.60. The van der Waals surface area contributed by atoms with Gasteiger partial charge in [-0.1, -0.05) is 29.8 Å². The number of hydrogen-bond donors (Lipinski definition) is 2. The van der Waals surface area contributed by atoms with Crippen molar-refractivity contribution in [1.82, 2.24) is 14.9 Å². The summed E-state index contributed by atoms with van der Waals surface area (Å²) in [5, 5.41) is 3.46. The topological polar surface area (TPSA) is 64.0 Å². The molecule has 0 fully saturated rings. The van der Waals surface area contributed by atoms with Crippen LogP contribution in [0.25, 0.3) is 11.0 Å². The molecule has 0 aliphatic rings. The highest BCUT2D eigenvalue weighted by atomic mass is 32.1. The van der Waals surface area contributed by atoms with Gasteiger partial charge in [-0.2, -0.15) is 12.6 Å². The number of nitrogens with one attached hydrogen (secondary N) is 1. The van der Waals surface area contributed by atoms with Crippen LogP contribution in [0.4, 0.5) is 0 Å². The van der Waals surface area contributed by atoms with Gasteiger partial charge in [-0.15, -0.1) is 0 Å². The van der Waals surface area contributed by atoms with E-state index in [4.69, 9.17) is 0 Å². The van der Waals surface area contributed by atoms with Crippen LogP contribution in [0.3, 0.4) is 0 Å². The Morgan fingerprint density at radius 1 is 1.24 bits per heavy atom. The molecule has 0 saturated heterocycles. The van der Waals surface area contributed by atoms with E-state index < -0.39 is 0 Å². The minimum Gasteiger partial charge on any atom is -0.351 e. The summed E-state index contributed by atoms with van der Waals surface area (Å²) in [5.41, 5.74) is 2.48. The van der Waals surface area contributed by atoms with Gasteiger partial charge in [-0.05, 0) is 30.7 Å². The van der Waals surface area contributed by atoms with Crippen molar-refractivity contribution in [2.75, 3.05) is 12.3 Å². The molecule has 0 atom stereocenters. The van der Waals surface area contributed by atoms with Gasteiger partial charge in [0.2, 0.25) is 0 Å². The van der Waals surface area contributed by atoms with Crippen LogP contribution >= 0.6 is 12.6 Å². The van der Waals surface area contributed by atoms with Crippen LogP contribution in [0, 0.1) is 6.92 Å². The number of rotatable bonds is 5. The van der Waals surface area contributed by atoms with Crippen molar-refractivity contribution < 1.29 is 4.79 Å². The van der Waals surface area contributed by atoms with E-state index in [-0.39, 0.29) is 17.0 Å². The molecule has 3 rings (SSSR count). The molecule has 5 nitrogen and oxygen atoms in total. The number of amides is 1. The zero-order valence-corrected chi connectivity index (χ0v) is 14.8. The summed E-state index contributed by atoms with van der Waals surface area (Å²) < 4.78 is 1.55. The summed E-state index contributed by atoms with van der Waals surface area (Å²) in [5.74, 6) is 0.126. The van der Waals surface area contributed by atoms with Crippen molar-refractivity contribution in [3.63, 3.8) is 0 Å². The molecule has 0 aliphatic heterocycles. The van der Waals surface area contributed by atoms with Crippen LogP contribution in [0.2, 0.25) is 0 Å². The molecule has 0 bridgehead atoms. The van der Waals surface area contributed by atoms with E-state index in [0.29, 0.717) is 24.5 Å². The first-order valence-corrected chi connectivity index (χ1v) is 8.66. The average Bonchev–Trinajstić information content (AvgIpc) is 2.63. The summed E-state index contributed by atoms with van der Waals surface area (Å²) in [4.78, 5) is 29.6. The minimum atomic E-state index is -0.387. The summed E-state index contributed by atoms with van der Waals surface area (Å²) in [6.07, 6.45) is 1.65. The first-order chi connectivity index (χ1) is 12.1. The second kappa shape index (κ2) is 7.53. The van der Waals surface area contributed by atoms with E-state index in [1.54, 1.807) is 22.9 Å². The van der Waals surface area contributed by atoms with Crippen LogP contribution in [0.15, 0.2) is 53.5 Å². The van der Waals surface area contributed by atoms with Crippen LogP contribution in [-0.2, 0) is 6.54 Å². The Kier molecular flexibility index (Phi) is 5.19. The largest absolute Gasteiger partial charge is 0.351 e. The van der Waals surface area contributed by atoms with Crippen LogP contribution in [0.1, 0.15) is 21.5 Å². The van der Waals surface area contributed by atoms with E-state index in [1.807, 2.05) is 37.3 Å². The maximum absolute atomic E-state index is 12.9. The molecule has 128 valence electrons. The third-order valence-corrected chi connectivity index (χ3v) is 4.17. The van der Waals surface area contributed by atoms with Crippen molar-refractivity contribution in [1.29, 1.82) is 0 Å². The number of hydrogen-bond acceptors (Lipinski definition) is 4. The van der Waals surface area contributed by atoms with Crippen LogP contribution in [0.5, 0.6) is 0 Å². The molecule has 25 heavy (non-hydrogen) atoms. The van der Waals surface area contributed by atoms with Crippen molar-refractivity contribution in [3.05, 3.63) is 75.7 Å². The van der Waals surface area contributed by atoms with Crippen molar-refractivity contribution in [2.24, 2.45) is 0 Å². The summed E-state index contributed by atoms with van der Waals surface area (Å²) in [6, 6.07) is 13.2. The first-order valence-electron chi connectivity index (χ1n) is 8.03. The van der Waals surface area contributed by atoms with Gasteiger partial charge in [0.25, 0.3) is 11.5 Å². The smallest absolute Gasteiger partial charge is 0.265 e. The van der Waals surface area contributed by atoms with Gasteiger partial charge < -0.3 is 5.32 Å². The highest BCUT2D eigenvalue weighted by molar-refractivity contribution is 7.80. The fourth-order valence-electron chi connectivity index (χ4n) is 2.66. The van der Waals surface area contributed by atoms with E-state index in [0.717, 1.165) is 16.5 Å². The molecular weight excluding hydrogens is 334 g/mol. The van der Waals surface area contributed by atoms with E-state index in [9.17, 15) is 9.59 Å². The van der Waals surface area contributed by atoms with Crippen molar-refractivity contribution in [3.8, 4) is 0 Å². The molecular formula is C19H19N3O2S. The number of carbonyl (C=O) groups is 1. The van der Waals surface area contributed by atoms with Gasteiger partial charge in [-0.25, -0.2) is 4.98 Å². The third kappa shape index (κ3) is 3.74. The quantitative estimate of drug-likeness (QED) is 0.693. The predicted octanol–water partition coefficient (Wildman–Crippen LogP) is 2.41. The average molecular weight is 353 g/mol. The highest BCUT2D eigenvalue weighted by Gasteiger charge is 2.16. The zero-order valence-electron chi connectivity index (χ0n) is 13.9. The Bertz CT molecular complexity index is 965. The summed E-state index contributed by atoms with van der Waals surface area (Å²) >= 11 is 4.08. The lowest BCUT2D eigenvalue weighted by atomic mass is 10.1. The molecule has 0 aliphatic carbocycles. The third-order valence-electron chi connectivity index (χ3n) is 3.95. The van der Waals surface area contributed by atoms with Crippen LogP contribution in [-0.4, -0.2) is 27.8 Å². The van der Waals surface area contributed by atoms with E-state index >= 15 is 0 Å². The fraction of sp³-hybridized carbons (Fsp3) is 0.211. The monoisotopic (exact) mass is 353 g/mol. The second-order valence-corrected chi connectivity index (χ2v) is 6.28. The molecule has 1 aromatic carbocycles. The number of fused-ring (bicyclic) bond motifs is 1. The zero-order chi connectivity index (χ0) is 17.8. The lowest BCUT2D eigenvalue weighted by Crippen LogP contribution is -2.34. The van der Waals surface area contributed by atoms with Gasteiger partial charge in [0.1, 0.15) is 11.2 Å². The molecule has 2 aromatic heterocycles. The number of thiol groups is 1.